The van der Waals surface area contributed by atoms with Crippen LogP contribution in [-0.4, -0.2) is 19.4 Å². The SMILES string of the molecule is COC(=O)C(C)(C)c1cc(C(F)(F)F)ccc1C=O. The molecule has 0 unspecified atom stereocenters. The first-order chi connectivity index (χ1) is 8.64. The maximum Gasteiger partial charge on any atom is 0.416 e. The lowest BCUT2D eigenvalue weighted by Gasteiger charge is -2.24. The molecule has 0 saturated carbocycles. The zero-order valence-electron chi connectivity index (χ0n) is 10.7. The number of halogens is 3. The van der Waals surface area contributed by atoms with Gasteiger partial charge in [-0.25, -0.2) is 0 Å². The van der Waals surface area contributed by atoms with Gasteiger partial charge in [0.2, 0.25) is 0 Å². The standard InChI is InChI=1S/C13H13F3O3/c1-12(2,11(18)19-3)10-6-9(13(14,15)16)5-4-8(10)7-17/h4-7H,1-3H3. The normalized spacial score (nSPS) is 12.1. The van der Waals surface area contributed by atoms with Gasteiger partial charge >= 0.3 is 12.1 Å². The molecule has 0 bridgehead atoms. The summed E-state index contributed by atoms with van der Waals surface area (Å²) >= 11 is 0. The van der Waals surface area contributed by atoms with Gasteiger partial charge in [0.15, 0.2) is 0 Å². The molecule has 0 amide bonds. The fraction of sp³-hybridized carbons (Fsp3) is 0.385. The Bertz CT molecular complexity index is 504. The summed E-state index contributed by atoms with van der Waals surface area (Å²) in [4.78, 5) is 22.6. The van der Waals surface area contributed by atoms with E-state index < -0.39 is 23.1 Å². The van der Waals surface area contributed by atoms with Crippen LogP contribution in [0.5, 0.6) is 0 Å². The van der Waals surface area contributed by atoms with Crippen LogP contribution in [-0.2, 0) is 21.1 Å². The number of alkyl halides is 3. The van der Waals surface area contributed by atoms with Crippen LogP contribution in [0.2, 0.25) is 0 Å². The van der Waals surface area contributed by atoms with Crippen molar-refractivity contribution in [3.63, 3.8) is 0 Å². The first-order valence-corrected chi connectivity index (χ1v) is 5.40. The number of methoxy groups -OCH3 is 1. The highest BCUT2D eigenvalue weighted by atomic mass is 19.4. The smallest absolute Gasteiger partial charge is 0.416 e. The van der Waals surface area contributed by atoms with E-state index in [0.29, 0.717) is 6.29 Å². The molecule has 0 radical (unpaired) electrons. The molecule has 0 atom stereocenters. The van der Waals surface area contributed by atoms with Crippen molar-refractivity contribution in [2.75, 3.05) is 7.11 Å². The third kappa shape index (κ3) is 2.94. The molecule has 0 aromatic heterocycles. The van der Waals surface area contributed by atoms with E-state index in [2.05, 4.69) is 4.74 Å². The topological polar surface area (TPSA) is 43.4 Å². The maximum atomic E-state index is 12.7. The van der Waals surface area contributed by atoms with Gasteiger partial charge in [0.05, 0.1) is 18.1 Å². The lowest BCUT2D eigenvalue weighted by molar-refractivity contribution is -0.146. The molecule has 0 N–H and O–H groups in total. The van der Waals surface area contributed by atoms with Gasteiger partial charge in [-0.3, -0.25) is 9.59 Å². The van der Waals surface area contributed by atoms with E-state index in [-0.39, 0.29) is 11.1 Å². The van der Waals surface area contributed by atoms with Crippen LogP contribution in [0.4, 0.5) is 13.2 Å². The lowest BCUT2D eigenvalue weighted by Crippen LogP contribution is -2.31. The summed E-state index contributed by atoms with van der Waals surface area (Å²) in [5.74, 6) is -0.713. The molecule has 0 aliphatic rings. The first kappa shape index (κ1) is 15.2. The minimum atomic E-state index is -4.54. The molecular weight excluding hydrogens is 261 g/mol. The molecule has 104 valence electrons. The van der Waals surface area contributed by atoms with E-state index in [4.69, 9.17) is 0 Å². The van der Waals surface area contributed by atoms with Crippen LogP contribution < -0.4 is 0 Å². The number of carbonyl (C=O) groups is 2. The molecule has 1 aromatic rings. The van der Waals surface area contributed by atoms with Crippen molar-refractivity contribution in [1.82, 2.24) is 0 Å². The summed E-state index contributed by atoms with van der Waals surface area (Å²) < 4.78 is 42.6. The number of benzene rings is 1. The van der Waals surface area contributed by atoms with Crippen molar-refractivity contribution >= 4 is 12.3 Å². The van der Waals surface area contributed by atoms with Crippen molar-refractivity contribution in [1.29, 1.82) is 0 Å². The Morgan fingerprint density at radius 3 is 2.26 bits per heavy atom. The highest BCUT2D eigenvalue weighted by Crippen LogP contribution is 2.34. The summed E-state index contributed by atoms with van der Waals surface area (Å²) in [5.41, 5.74) is -2.23. The van der Waals surface area contributed by atoms with Gasteiger partial charge in [0, 0.05) is 5.56 Å². The third-order valence-corrected chi connectivity index (χ3v) is 2.88. The Morgan fingerprint density at radius 1 is 1.26 bits per heavy atom. The minimum absolute atomic E-state index is 0.0100. The first-order valence-electron chi connectivity index (χ1n) is 5.40. The summed E-state index contributed by atoms with van der Waals surface area (Å²) in [5, 5.41) is 0. The molecular formula is C13H13F3O3. The molecule has 19 heavy (non-hydrogen) atoms. The second kappa shape index (κ2) is 5.03. The Balaban J connectivity index is 3.47. The second-order valence-electron chi connectivity index (χ2n) is 4.53. The van der Waals surface area contributed by atoms with Crippen LogP contribution in [0, 0.1) is 0 Å². The zero-order chi connectivity index (χ0) is 14.8. The number of ether oxygens (including phenoxy) is 1. The van der Waals surface area contributed by atoms with Gasteiger partial charge in [0.25, 0.3) is 0 Å². The highest BCUT2D eigenvalue weighted by Gasteiger charge is 2.37. The molecule has 0 fully saturated rings. The number of carbonyl (C=O) groups excluding carboxylic acids is 2. The van der Waals surface area contributed by atoms with Gasteiger partial charge in [0.1, 0.15) is 6.29 Å². The molecule has 0 aliphatic heterocycles. The quantitative estimate of drug-likeness (QED) is 0.628. The van der Waals surface area contributed by atoms with Gasteiger partial charge in [-0.1, -0.05) is 6.07 Å². The second-order valence-corrected chi connectivity index (χ2v) is 4.53. The van der Waals surface area contributed by atoms with Crippen LogP contribution in [0.3, 0.4) is 0 Å². The van der Waals surface area contributed by atoms with Crippen molar-refractivity contribution in [2.24, 2.45) is 0 Å². The Labute approximate surface area is 108 Å². The van der Waals surface area contributed by atoms with E-state index in [1.54, 1.807) is 0 Å². The number of esters is 1. The number of hydrogen-bond donors (Lipinski definition) is 0. The fourth-order valence-electron chi connectivity index (χ4n) is 1.74. The highest BCUT2D eigenvalue weighted by molar-refractivity contribution is 5.87. The largest absolute Gasteiger partial charge is 0.468 e. The monoisotopic (exact) mass is 274 g/mol. The summed E-state index contributed by atoms with van der Waals surface area (Å²) in [6.45, 7) is 2.81. The van der Waals surface area contributed by atoms with Crippen molar-refractivity contribution in [3.05, 3.63) is 34.9 Å². The molecule has 0 aliphatic carbocycles. The van der Waals surface area contributed by atoms with Gasteiger partial charge < -0.3 is 4.74 Å². The van der Waals surface area contributed by atoms with Crippen LogP contribution in [0.15, 0.2) is 18.2 Å². The van der Waals surface area contributed by atoms with Crippen molar-refractivity contribution in [2.45, 2.75) is 25.4 Å². The zero-order valence-corrected chi connectivity index (χ0v) is 10.7. The Morgan fingerprint density at radius 2 is 1.84 bits per heavy atom. The Kier molecular flexibility index (Phi) is 4.03. The Hall–Kier alpha value is -1.85. The van der Waals surface area contributed by atoms with Crippen LogP contribution in [0.1, 0.15) is 35.3 Å². The molecule has 0 spiro atoms. The molecule has 1 rings (SSSR count). The maximum absolute atomic E-state index is 12.7. The molecule has 6 heteroatoms. The van der Waals surface area contributed by atoms with E-state index in [1.807, 2.05) is 0 Å². The van der Waals surface area contributed by atoms with Gasteiger partial charge in [-0.2, -0.15) is 13.2 Å². The summed E-state index contributed by atoms with van der Waals surface area (Å²) in [6, 6.07) is 2.66. The summed E-state index contributed by atoms with van der Waals surface area (Å²) in [6.07, 6.45) is -4.12. The average molecular weight is 274 g/mol. The van der Waals surface area contributed by atoms with E-state index in [1.165, 1.54) is 13.8 Å². The van der Waals surface area contributed by atoms with E-state index >= 15 is 0 Å². The van der Waals surface area contributed by atoms with Crippen LogP contribution >= 0.6 is 0 Å². The third-order valence-electron chi connectivity index (χ3n) is 2.88. The minimum Gasteiger partial charge on any atom is -0.468 e. The lowest BCUT2D eigenvalue weighted by atomic mass is 9.81. The molecule has 3 nitrogen and oxygen atoms in total. The number of rotatable bonds is 3. The van der Waals surface area contributed by atoms with Crippen LogP contribution in [0.25, 0.3) is 0 Å². The van der Waals surface area contributed by atoms with Gasteiger partial charge in [-0.15, -0.1) is 0 Å². The molecule has 0 heterocycles. The number of aldehydes is 1. The molecule has 1 aromatic carbocycles. The average Bonchev–Trinajstić information content (AvgIpc) is 2.35. The predicted molar refractivity (Wildman–Crippen MR) is 61.9 cm³/mol. The summed E-state index contributed by atoms with van der Waals surface area (Å²) in [7, 11) is 1.14. The molecule has 0 saturated heterocycles. The van der Waals surface area contributed by atoms with E-state index in [9.17, 15) is 22.8 Å². The predicted octanol–water partition coefficient (Wildman–Crippen LogP) is 2.97. The van der Waals surface area contributed by atoms with Crippen molar-refractivity contribution in [3.8, 4) is 0 Å². The number of hydrogen-bond acceptors (Lipinski definition) is 3. The van der Waals surface area contributed by atoms with Gasteiger partial charge in [-0.05, 0) is 31.5 Å². The van der Waals surface area contributed by atoms with E-state index in [0.717, 1.165) is 25.3 Å². The van der Waals surface area contributed by atoms with Crippen molar-refractivity contribution < 1.29 is 27.5 Å². The fourth-order valence-corrected chi connectivity index (χ4v) is 1.74.